The van der Waals surface area contributed by atoms with Crippen LogP contribution in [-0.2, 0) is 18.9 Å². The second kappa shape index (κ2) is 16.0. The molecule has 18 nitrogen and oxygen atoms in total. The van der Waals surface area contributed by atoms with Crippen molar-refractivity contribution in [3.05, 3.63) is 35.4 Å². The molecule has 8 N–H and O–H groups in total. The van der Waals surface area contributed by atoms with Crippen molar-refractivity contribution in [1.82, 2.24) is 0 Å². The van der Waals surface area contributed by atoms with E-state index in [0.29, 0.717) is 24.3 Å². The fourth-order valence-electron chi connectivity index (χ4n) is 7.16. The molecule has 0 spiro atoms. The van der Waals surface area contributed by atoms with Gasteiger partial charge in [0, 0.05) is 11.8 Å². The van der Waals surface area contributed by atoms with Crippen LogP contribution in [0.15, 0.2) is 24.3 Å². The van der Waals surface area contributed by atoms with E-state index in [4.69, 9.17) is 47.4 Å². The summed E-state index contributed by atoms with van der Waals surface area (Å²) in [6.45, 7) is -0.604. The van der Waals surface area contributed by atoms with Gasteiger partial charge in [-0.15, -0.1) is 0 Å². The van der Waals surface area contributed by atoms with Crippen LogP contribution >= 0.6 is 0 Å². The molecule has 0 bridgehead atoms. The number of aliphatic hydroxyl groups excluding tert-OH is 8. The third-order valence-corrected chi connectivity index (χ3v) is 10.1. The molecule has 14 atom stereocenters. The largest absolute Gasteiger partial charge is 0.493 e. The Balaban J connectivity index is 1.22. The van der Waals surface area contributed by atoms with Crippen LogP contribution in [0.2, 0.25) is 0 Å². The Morgan fingerprint density at radius 2 is 0.846 bits per heavy atom. The molecule has 0 aliphatic carbocycles. The number of benzene rings is 2. The number of ether oxygens (including phenoxy) is 10. The van der Waals surface area contributed by atoms with Gasteiger partial charge in [0.2, 0.25) is 24.1 Å². The quantitative estimate of drug-likeness (QED) is 0.119. The Hall–Kier alpha value is -3.24. The second-order valence-electron chi connectivity index (χ2n) is 13.0. The number of fused-ring (bicyclic) bond motifs is 1. The fourth-order valence-corrected chi connectivity index (χ4v) is 7.16. The summed E-state index contributed by atoms with van der Waals surface area (Å²) in [7, 11) is 5.66. The monoisotopic (exact) mass is 742 g/mol. The molecule has 4 aliphatic heterocycles. The normalized spacial score (nSPS) is 37.3. The van der Waals surface area contributed by atoms with Crippen molar-refractivity contribution in [2.24, 2.45) is 11.8 Å². The Labute approximate surface area is 298 Å². The average molecular weight is 743 g/mol. The van der Waals surface area contributed by atoms with E-state index in [1.54, 1.807) is 24.3 Å². The van der Waals surface area contributed by atoms with Crippen molar-refractivity contribution < 1.29 is 88.2 Å². The standard InChI is InChI=1S/C34H46O18/c1-43-17-5-13(6-18(44-2)31(17)51-33-27(41)25(39)23(37)21(9-35)49-33)29-15-11-48-30(16(15)12-47-29)14-7-19(45-3)32(20(8-14)46-4)52-34-28(42)26(40)24(38)22(10-36)50-34/h5-8,15-16,21-30,33-42H,9-12H2,1-4H3/t15-,16+,21+,22-,23-,24-,25+,26+,27-,28-,29+,30+,33-,34+/m0/s1. The van der Waals surface area contributed by atoms with Gasteiger partial charge < -0.3 is 88.2 Å². The SMILES string of the molecule is COc1cc([C@H]2OC[C@H]3[C@H]2CO[C@@H]3c2cc(OC)c(O[C@@H]3O[C@H](CO)[C@H](O)[C@@H](O)[C@@H]3O)c(OC)c2)cc(OC)c1O[C@H]1O[C@@H](CO)[C@H](O)[C@@H](O)[C@@H]1O. The zero-order valence-corrected chi connectivity index (χ0v) is 28.9. The lowest BCUT2D eigenvalue weighted by molar-refractivity contribution is -0.277. The number of aliphatic hydroxyl groups is 8. The second-order valence-corrected chi connectivity index (χ2v) is 13.0. The molecule has 2 aromatic carbocycles. The Kier molecular flexibility index (Phi) is 11.8. The van der Waals surface area contributed by atoms with E-state index in [1.807, 2.05) is 0 Å². The van der Waals surface area contributed by atoms with Crippen molar-refractivity contribution in [1.29, 1.82) is 0 Å². The maximum Gasteiger partial charge on any atom is 0.229 e. The summed E-state index contributed by atoms with van der Waals surface area (Å²) in [6, 6.07) is 6.78. The van der Waals surface area contributed by atoms with Gasteiger partial charge in [0.05, 0.1) is 67.1 Å². The molecule has 0 aromatic heterocycles. The molecule has 0 unspecified atom stereocenters. The van der Waals surface area contributed by atoms with Gasteiger partial charge in [-0.1, -0.05) is 0 Å². The van der Waals surface area contributed by atoms with Crippen LogP contribution in [0.4, 0.5) is 0 Å². The van der Waals surface area contributed by atoms with Crippen LogP contribution in [0.1, 0.15) is 23.3 Å². The van der Waals surface area contributed by atoms with Crippen LogP contribution in [0.25, 0.3) is 0 Å². The van der Waals surface area contributed by atoms with E-state index in [9.17, 15) is 40.9 Å². The Morgan fingerprint density at radius 1 is 0.519 bits per heavy atom. The molecular weight excluding hydrogens is 696 g/mol. The summed E-state index contributed by atoms with van der Waals surface area (Å²) >= 11 is 0. The summed E-state index contributed by atoms with van der Waals surface area (Å²) in [5, 5.41) is 81.0. The third-order valence-electron chi connectivity index (χ3n) is 10.1. The first-order valence-corrected chi connectivity index (χ1v) is 16.7. The first-order chi connectivity index (χ1) is 25.0. The summed E-state index contributed by atoms with van der Waals surface area (Å²) < 4.78 is 58.0. The van der Waals surface area contributed by atoms with Crippen molar-refractivity contribution >= 4 is 0 Å². The van der Waals surface area contributed by atoms with Gasteiger partial charge in [-0.3, -0.25) is 0 Å². The first kappa shape index (κ1) is 38.5. The highest BCUT2D eigenvalue weighted by atomic mass is 16.7. The summed E-state index contributed by atoms with van der Waals surface area (Å²) in [4.78, 5) is 0. The van der Waals surface area contributed by atoms with E-state index in [0.717, 1.165) is 0 Å². The molecule has 4 saturated heterocycles. The van der Waals surface area contributed by atoms with Crippen LogP contribution < -0.4 is 28.4 Å². The molecule has 2 aromatic rings. The van der Waals surface area contributed by atoms with Crippen LogP contribution in [0.5, 0.6) is 34.5 Å². The molecule has 0 radical (unpaired) electrons. The van der Waals surface area contributed by atoms with Crippen molar-refractivity contribution in [2.45, 2.75) is 73.6 Å². The topological polar surface area (TPSA) is 254 Å². The van der Waals surface area contributed by atoms with Gasteiger partial charge in [-0.25, -0.2) is 0 Å². The maximum absolute atomic E-state index is 10.5. The molecule has 0 saturated carbocycles. The lowest BCUT2D eigenvalue weighted by Crippen LogP contribution is -2.60. The van der Waals surface area contributed by atoms with E-state index in [2.05, 4.69) is 0 Å². The maximum atomic E-state index is 10.5. The highest BCUT2D eigenvalue weighted by Crippen LogP contribution is 2.54. The lowest BCUT2D eigenvalue weighted by atomic mass is 9.84. The molecular formula is C34H46O18. The number of rotatable bonds is 12. The van der Waals surface area contributed by atoms with Crippen LogP contribution in [0.3, 0.4) is 0 Å². The first-order valence-electron chi connectivity index (χ1n) is 16.7. The average Bonchev–Trinajstić information content (AvgIpc) is 3.78. The van der Waals surface area contributed by atoms with Crippen molar-refractivity contribution in [2.75, 3.05) is 54.9 Å². The molecule has 52 heavy (non-hydrogen) atoms. The van der Waals surface area contributed by atoms with E-state index < -0.39 is 86.8 Å². The zero-order chi connectivity index (χ0) is 37.4. The molecule has 290 valence electrons. The smallest absolute Gasteiger partial charge is 0.229 e. The van der Waals surface area contributed by atoms with Crippen molar-refractivity contribution in [3.8, 4) is 34.5 Å². The number of methoxy groups -OCH3 is 4. The predicted molar refractivity (Wildman–Crippen MR) is 172 cm³/mol. The molecule has 18 heteroatoms. The summed E-state index contributed by atoms with van der Waals surface area (Å²) in [6.07, 6.45) is -15.9. The van der Waals surface area contributed by atoms with E-state index >= 15 is 0 Å². The summed E-state index contributed by atoms with van der Waals surface area (Å²) in [5.41, 5.74) is 1.37. The van der Waals surface area contributed by atoms with Gasteiger partial charge in [0.25, 0.3) is 0 Å². The van der Waals surface area contributed by atoms with Gasteiger partial charge in [-0.05, 0) is 35.4 Å². The van der Waals surface area contributed by atoms with Gasteiger partial charge in [0.15, 0.2) is 23.0 Å². The Bertz CT molecular complexity index is 1360. The minimum atomic E-state index is -1.65. The predicted octanol–water partition coefficient (Wildman–Crippen LogP) is -1.85. The van der Waals surface area contributed by atoms with E-state index in [1.165, 1.54) is 28.4 Å². The molecule has 4 aliphatic rings. The molecule has 4 fully saturated rings. The molecule has 4 heterocycles. The molecule has 0 amide bonds. The van der Waals surface area contributed by atoms with Crippen LogP contribution in [0, 0.1) is 11.8 Å². The van der Waals surface area contributed by atoms with Gasteiger partial charge in [-0.2, -0.15) is 0 Å². The van der Waals surface area contributed by atoms with Gasteiger partial charge >= 0.3 is 0 Å². The minimum absolute atomic E-state index is 0.0541. The van der Waals surface area contributed by atoms with E-state index in [-0.39, 0.29) is 46.3 Å². The summed E-state index contributed by atoms with van der Waals surface area (Å²) in [5.74, 6) is 0.683. The minimum Gasteiger partial charge on any atom is -0.493 e. The number of hydrogen-bond acceptors (Lipinski definition) is 18. The molecule has 6 rings (SSSR count). The Morgan fingerprint density at radius 3 is 1.13 bits per heavy atom. The number of hydrogen-bond donors (Lipinski definition) is 8. The lowest BCUT2D eigenvalue weighted by Gasteiger charge is -2.39. The van der Waals surface area contributed by atoms with Crippen molar-refractivity contribution in [3.63, 3.8) is 0 Å². The highest BCUT2D eigenvalue weighted by Gasteiger charge is 2.50. The third kappa shape index (κ3) is 6.94. The zero-order valence-electron chi connectivity index (χ0n) is 28.9. The fraction of sp³-hybridized carbons (Fsp3) is 0.647. The highest BCUT2D eigenvalue weighted by molar-refractivity contribution is 5.56. The van der Waals surface area contributed by atoms with Crippen LogP contribution in [-0.4, -0.2) is 157 Å². The van der Waals surface area contributed by atoms with Gasteiger partial charge in [0.1, 0.15) is 48.8 Å².